The minimum Gasteiger partial charge on any atom is -0.351 e. The Balaban J connectivity index is 2.42. The van der Waals surface area contributed by atoms with Gasteiger partial charge in [-0.25, -0.2) is 0 Å². The topological polar surface area (TPSA) is 87.2 Å². The van der Waals surface area contributed by atoms with Crippen molar-refractivity contribution in [3.8, 4) is 6.07 Å². The zero-order valence-corrected chi connectivity index (χ0v) is 12.5. The van der Waals surface area contributed by atoms with E-state index in [-0.39, 0.29) is 23.0 Å². The molecule has 1 unspecified atom stereocenters. The lowest BCUT2D eigenvalue weighted by Crippen LogP contribution is -2.52. The first-order valence-corrected chi connectivity index (χ1v) is 6.58. The number of Topliss-reactive ketones (excluding diaryl/α,β-unsaturated/α-hetero) is 1. The van der Waals surface area contributed by atoms with Crippen LogP contribution in [-0.2, 0) is 4.79 Å². The molecule has 2 rings (SSSR count). The Labute approximate surface area is 123 Å². The van der Waals surface area contributed by atoms with Crippen LogP contribution in [0.2, 0.25) is 0 Å². The van der Waals surface area contributed by atoms with E-state index in [9.17, 15) is 9.59 Å². The maximum absolute atomic E-state index is 12.4. The van der Waals surface area contributed by atoms with Gasteiger partial charge in [0.1, 0.15) is 6.07 Å². The van der Waals surface area contributed by atoms with E-state index in [0.717, 1.165) is 0 Å². The molecule has 0 spiro atoms. The van der Waals surface area contributed by atoms with E-state index in [2.05, 4.69) is 5.16 Å². The highest BCUT2D eigenvalue weighted by molar-refractivity contribution is 6.04. The average molecular weight is 287 g/mol. The summed E-state index contributed by atoms with van der Waals surface area (Å²) in [6, 6.07) is 3.41. The number of aromatic nitrogens is 1. The molecule has 0 saturated heterocycles. The SMILES string of the molecule is CN(C(=O)c1ccno1)C1(C)C=C(C#N)C(=O)C(C)(C)C1. The number of carbonyl (C=O) groups excluding carboxylic acids is 2. The highest BCUT2D eigenvalue weighted by Crippen LogP contribution is 2.40. The van der Waals surface area contributed by atoms with Crippen molar-refractivity contribution in [3.05, 3.63) is 29.7 Å². The van der Waals surface area contributed by atoms with Gasteiger partial charge in [0.15, 0.2) is 5.78 Å². The second-order valence-corrected chi connectivity index (χ2v) is 6.16. The number of nitriles is 1. The molecule has 0 aromatic carbocycles. The van der Waals surface area contributed by atoms with E-state index in [1.54, 1.807) is 27.0 Å². The van der Waals surface area contributed by atoms with Gasteiger partial charge in [-0.2, -0.15) is 5.26 Å². The predicted octanol–water partition coefficient (Wildman–Crippen LogP) is 1.95. The van der Waals surface area contributed by atoms with Gasteiger partial charge < -0.3 is 9.42 Å². The molecule has 0 radical (unpaired) electrons. The summed E-state index contributed by atoms with van der Waals surface area (Å²) in [7, 11) is 1.63. The lowest BCUT2D eigenvalue weighted by molar-refractivity contribution is -0.125. The lowest BCUT2D eigenvalue weighted by atomic mass is 9.68. The summed E-state index contributed by atoms with van der Waals surface area (Å²) in [5.41, 5.74) is -1.36. The van der Waals surface area contributed by atoms with Gasteiger partial charge in [0, 0.05) is 18.5 Å². The van der Waals surface area contributed by atoms with Crippen LogP contribution >= 0.6 is 0 Å². The molecule has 1 heterocycles. The van der Waals surface area contributed by atoms with Crippen molar-refractivity contribution in [2.24, 2.45) is 5.41 Å². The van der Waals surface area contributed by atoms with Gasteiger partial charge in [-0.05, 0) is 19.4 Å². The Morgan fingerprint density at radius 3 is 2.67 bits per heavy atom. The Morgan fingerprint density at radius 1 is 1.48 bits per heavy atom. The average Bonchev–Trinajstić information content (AvgIpc) is 2.94. The van der Waals surface area contributed by atoms with Gasteiger partial charge in [-0.3, -0.25) is 9.59 Å². The van der Waals surface area contributed by atoms with Crippen LogP contribution in [0.25, 0.3) is 0 Å². The largest absolute Gasteiger partial charge is 0.351 e. The molecule has 1 amide bonds. The fourth-order valence-electron chi connectivity index (χ4n) is 2.79. The standard InChI is InChI=1S/C15H17N3O3/c1-14(2)9-15(3,7-10(8-16)12(14)19)18(4)13(20)11-5-6-17-21-11/h5-7H,9H2,1-4H3. The summed E-state index contributed by atoms with van der Waals surface area (Å²) < 4.78 is 4.88. The molecule has 1 aromatic heterocycles. The van der Waals surface area contributed by atoms with Gasteiger partial charge in [0.05, 0.1) is 17.3 Å². The molecular weight excluding hydrogens is 270 g/mol. The number of hydrogen-bond donors (Lipinski definition) is 0. The van der Waals surface area contributed by atoms with Crippen LogP contribution in [0.15, 0.2) is 28.4 Å². The maximum atomic E-state index is 12.4. The third kappa shape index (κ3) is 2.47. The fraction of sp³-hybridized carbons (Fsp3) is 0.467. The van der Waals surface area contributed by atoms with Crippen molar-refractivity contribution in [3.63, 3.8) is 0 Å². The summed E-state index contributed by atoms with van der Waals surface area (Å²) in [5, 5.41) is 12.7. The molecular formula is C15H17N3O3. The van der Waals surface area contributed by atoms with Crippen molar-refractivity contribution in [2.75, 3.05) is 7.05 Å². The molecule has 0 N–H and O–H groups in total. The molecule has 21 heavy (non-hydrogen) atoms. The quantitative estimate of drug-likeness (QED) is 0.829. The van der Waals surface area contributed by atoms with Crippen molar-refractivity contribution >= 4 is 11.7 Å². The smallest absolute Gasteiger partial charge is 0.292 e. The second-order valence-electron chi connectivity index (χ2n) is 6.16. The Bertz CT molecular complexity index is 652. The highest BCUT2D eigenvalue weighted by Gasteiger charge is 2.46. The van der Waals surface area contributed by atoms with E-state index in [0.29, 0.717) is 6.42 Å². The number of hydrogen-bond acceptors (Lipinski definition) is 5. The summed E-state index contributed by atoms with van der Waals surface area (Å²) >= 11 is 0. The van der Waals surface area contributed by atoms with E-state index >= 15 is 0 Å². The summed E-state index contributed by atoms with van der Waals surface area (Å²) in [6.45, 7) is 5.39. The third-order valence-corrected chi connectivity index (χ3v) is 3.95. The van der Waals surface area contributed by atoms with E-state index in [1.807, 2.05) is 13.0 Å². The minimum atomic E-state index is -0.744. The minimum absolute atomic E-state index is 0.0889. The first kappa shape index (κ1) is 15.0. The van der Waals surface area contributed by atoms with Gasteiger partial charge >= 0.3 is 0 Å². The molecule has 0 saturated carbocycles. The Kier molecular flexibility index (Phi) is 3.46. The van der Waals surface area contributed by atoms with Crippen LogP contribution in [0.5, 0.6) is 0 Å². The number of amides is 1. The third-order valence-electron chi connectivity index (χ3n) is 3.95. The first-order chi connectivity index (χ1) is 9.71. The number of ketones is 1. The van der Waals surface area contributed by atoms with Crippen LogP contribution in [-0.4, -0.2) is 34.3 Å². The Morgan fingerprint density at radius 2 is 2.14 bits per heavy atom. The van der Waals surface area contributed by atoms with Crippen molar-refractivity contribution in [1.29, 1.82) is 5.26 Å². The number of carbonyl (C=O) groups is 2. The normalized spacial score (nSPS) is 24.1. The molecule has 0 fully saturated rings. The number of allylic oxidation sites excluding steroid dienone is 1. The van der Waals surface area contributed by atoms with Gasteiger partial charge in [-0.1, -0.05) is 19.0 Å². The van der Waals surface area contributed by atoms with Crippen molar-refractivity contribution in [1.82, 2.24) is 10.1 Å². The second kappa shape index (κ2) is 4.85. The molecule has 1 aliphatic rings. The Hall–Kier alpha value is -2.42. The lowest BCUT2D eigenvalue weighted by Gasteiger charge is -2.44. The maximum Gasteiger partial charge on any atom is 0.292 e. The molecule has 0 bridgehead atoms. The van der Waals surface area contributed by atoms with E-state index in [4.69, 9.17) is 9.78 Å². The van der Waals surface area contributed by atoms with Crippen LogP contribution in [0, 0.1) is 16.7 Å². The number of nitrogens with zero attached hydrogens (tertiary/aromatic N) is 3. The van der Waals surface area contributed by atoms with Crippen LogP contribution in [0.4, 0.5) is 0 Å². The molecule has 0 aliphatic heterocycles. The van der Waals surface area contributed by atoms with E-state index < -0.39 is 11.0 Å². The van der Waals surface area contributed by atoms with Crippen molar-refractivity contribution < 1.29 is 14.1 Å². The summed E-state index contributed by atoms with van der Waals surface area (Å²) in [4.78, 5) is 26.0. The van der Waals surface area contributed by atoms with Crippen LogP contribution in [0.1, 0.15) is 37.7 Å². The monoisotopic (exact) mass is 287 g/mol. The predicted molar refractivity (Wildman–Crippen MR) is 74.1 cm³/mol. The van der Waals surface area contributed by atoms with Crippen LogP contribution < -0.4 is 0 Å². The van der Waals surface area contributed by atoms with Gasteiger partial charge in [-0.15, -0.1) is 0 Å². The fourth-order valence-corrected chi connectivity index (χ4v) is 2.79. The number of likely N-dealkylation sites (N-methyl/N-ethyl adjacent to an activating group) is 1. The zero-order valence-electron chi connectivity index (χ0n) is 12.5. The summed E-state index contributed by atoms with van der Waals surface area (Å²) in [6.07, 6.45) is 3.39. The van der Waals surface area contributed by atoms with Crippen molar-refractivity contribution in [2.45, 2.75) is 32.7 Å². The molecule has 1 atom stereocenters. The molecule has 6 nitrogen and oxygen atoms in total. The molecule has 1 aromatic rings. The number of rotatable bonds is 2. The van der Waals surface area contributed by atoms with E-state index in [1.165, 1.54) is 17.2 Å². The summed E-state index contributed by atoms with van der Waals surface area (Å²) in [5.74, 6) is -0.406. The highest BCUT2D eigenvalue weighted by atomic mass is 16.5. The van der Waals surface area contributed by atoms with Gasteiger partial charge in [0.2, 0.25) is 5.76 Å². The molecule has 110 valence electrons. The first-order valence-electron chi connectivity index (χ1n) is 6.58. The molecule has 1 aliphatic carbocycles. The molecule has 6 heteroatoms. The van der Waals surface area contributed by atoms with Crippen LogP contribution in [0.3, 0.4) is 0 Å². The zero-order chi connectivity index (χ0) is 15.8. The van der Waals surface area contributed by atoms with Gasteiger partial charge in [0.25, 0.3) is 5.91 Å².